The molecule has 0 atom stereocenters. The van der Waals surface area contributed by atoms with Gasteiger partial charge < -0.3 is 9.72 Å². The Kier molecular flexibility index (Phi) is 5.39. The number of hydrogen-bond donors (Lipinski definition) is 1. The molecule has 0 radical (unpaired) electrons. The normalized spacial score (nSPS) is 11.1. The minimum Gasteiger partial charge on any atom is -0.489 e. The molecule has 3 aromatic carbocycles. The average Bonchev–Trinajstić information content (AvgIpc) is 2.78. The standard InChI is InChI=1S/C22H16N4O5/c27-21-19-6-1-2-7-20(19)24-22(28)25(21)23-13-16-4-3-5-18(12-16)31-14-15-8-10-17(11-9-15)26(29)30/h1-13H,14H2,(H,24,28). The molecule has 4 aromatic rings. The van der Waals surface area contributed by atoms with E-state index in [1.165, 1.54) is 18.3 Å². The van der Waals surface area contributed by atoms with Gasteiger partial charge in [0.25, 0.3) is 11.2 Å². The number of fused-ring (bicyclic) bond motifs is 1. The van der Waals surface area contributed by atoms with E-state index >= 15 is 0 Å². The van der Waals surface area contributed by atoms with E-state index in [0.717, 1.165) is 10.2 Å². The maximum Gasteiger partial charge on any atom is 0.349 e. The first kappa shape index (κ1) is 19.8. The summed E-state index contributed by atoms with van der Waals surface area (Å²) >= 11 is 0. The van der Waals surface area contributed by atoms with Crippen molar-refractivity contribution in [2.45, 2.75) is 6.61 Å². The minimum absolute atomic E-state index is 0.0147. The molecule has 0 bridgehead atoms. The lowest BCUT2D eigenvalue weighted by Gasteiger charge is -2.07. The van der Waals surface area contributed by atoms with Crippen LogP contribution in [0.1, 0.15) is 11.1 Å². The molecule has 1 heterocycles. The molecular weight excluding hydrogens is 400 g/mol. The summed E-state index contributed by atoms with van der Waals surface area (Å²) in [5, 5.41) is 15.1. The van der Waals surface area contributed by atoms with Gasteiger partial charge in [0, 0.05) is 12.1 Å². The number of rotatable bonds is 6. The number of nitrogens with zero attached hydrogens (tertiary/aromatic N) is 3. The maximum absolute atomic E-state index is 12.5. The highest BCUT2D eigenvalue weighted by molar-refractivity contribution is 5.80. The lowest BCUT2D eigenvalue weighted by atomic mass is 10.2. The molecule has 0 spiro atoms. The number of benzene rings is 3. The molecule has 9 heteroatoms. The lowest BCUT2D eigenvalue weighted by Crippen LogP contribution is -2.32. The quantitative estimate of drug-likeness (QED) is 0.294. The fourth-order valence-corrected chi connectivity index (χ4v) is 2.95. The number of ether oxygens (including phenoxy) is 1. The second-order valence-electron chi connectivity index (χ2n) is 6.62. The maximum atomic E-state index is 12.5. The number of nitro benzene ring substituents is 1. The highest BCUT2D eigenvalue weighted by Gasteiger charge is 2.06. The Morgan fingerprint density at radius 1 is 1.03 bits per heavy atom. The van der Waals surface area contributed by atoms with E-state index < -0.39 is 16.2 Å². The first-order valence-electron chi connectivity index (χ1n) is 9.26. The van der Waals surface area contributed by atoms with Crippen LogP contribution in [0, 0.1) is 10.1 Å². The molecule has 0 aliphatic carbocycles. The fraction of sp³-hybridized carbons (Fsp3) is 0.0455. The number of non-ortho nitro benzene ring substituents is 1. The SMILES string of the molecule is O=c1[nH]c2ccccc2c(=O)n1N=Cc1cccc(OCc2ccc([N+](=O)[O-])cc2)c1. The second-order valence-corrected chi connectivity index (χ2v) is 6.62. The van der Waals surface area contributed by atoms with Gasteiger partial charge in [0.05, 0.1) is 22.0 Å². The van der Waals surface area contributed by atoms with Gasteiger partial charge in [-0.25, -0.2) is 4.79 Å². The van der Waals surface area contributed by atoms with Gasteiger partial charge in [0.2, 0.25) is 0 Å². The van der Waals surface area contributed by atoms with Crippen molar-refractivity contribution in [2.24, 2.45) is 5.10 Å². The third-order valence-electron chi connectivity index (χ3n) is 4.52. The van der Waals surface area contributed by atoms with Crippen molar-refractivity contribution in [3.63, 3.8) is 0 Å². The second kappa shape index (κ2) is 8.46. The molecule has 0 saturated carbocycles. The number of nitro groups is 1. The van der Waals surface area contributed by atoms with E-state index in [-0.39, 0.29) is 12.3 Å². The fourth-order valence-electron chi connectivity index (χ4n) is 2.95. The predicted octanol–water partition coefficient (Wildman–Crippen LogP) is 3.06. The van der Waals surface area contributed by atoms with Gasteiger partial charge in [-0.3, -0.25) is 14.9 Å². The Morgan fingerprint density at radius 3 is 2.58 bits per heavy atom. The van der Waals surface area contributed by atoms with Crippen molar-refractivity contribution < 1.29 is 9.66 Å². The molecule has 0 amide bonds. The van der Waals surface area contributed by atoms with Gasteiger partial charge in [-0.2, -0.15) is 5.10 Å². The molecule has 0 saturated heterocycles. The molecular formula is C22H16N4O5. The van der Waals surface area contributed by atoms with Crippen LogP contribution in [0.4, 0.5) is 5.69 Å². The zero-order valence-corrected chi connectivity index (χ0v) is 16.1. The summed E-state index contributed by atoms with van der Waals surface area (Å²) in [6.07, 6.45) is 1.39. The smallest absolute Gasteiger partial charge is 0.349 e. The Balaban J connectivity index is 1.52. The summed E-state index contributed by atoms with van der Waals surface area (Å²) in [6, 6.07) is 19.7. The van der Waals surface area contributed by atoms with Crippen molar-refractivity contribution in [3.8, 4) is 5.75 Å². The Bertz CT molecular complexity index is 1400. The molecule has 9 nitrogen and oxygen atoms in total. The topological polar surface area (TPSA) is 120 Å². The van der Waals surface area contributed by atoms with Crippen molar-refractivity contribution >= 4 is 22.8 Å². The summed E-state index contributed by atoms with van der Waals surface area (Å²) < 4.78 is 6.49. The van der Waals surface area contributed by atoms with Crippen molar-refractivity contribution in [2.75, 3.05) is 0 Å². The van der Waals surface area contributed by atoms with Crippen LogP contribution < -0.4 is 16.0 Å². The zero-order valence-electron chi connectivity index (χ0n) is 16.1. The van der Waals surface area contributed by atoms with Gasteiger partial charge in [0.1, 0.15) is 12.4 Å². The van der Waals surface area contributed by atoms with Gasteiger partial charge in [-0.15, -0.1) is 4.68 Å². The lowest BCUT2D eigenvalue weighted by molar-refractivity contribution is -0.384. The number of para-hydroxylation sites is 1. The highest BCUT2D eigenvalue weighted by Crippen LogP contribution is 2.16. The predicted molar refractivity (Wildman–Crippen MR) is 116 cm³/mol. The largest absolute Gasteiger partial charge is 0.489 e. The molecule has 31 heavy (non-hydrogen) atoms. The molecule has 0 aliphatic rings. The van der Waals surface area contributed by atoms with Crippen LogP contribution in [0.3, 0.4) is 0 Å². The van der Waals surface area contributed by atoms with E-state index in [1.54, 1.807) is 60.7 Å². The third kappa shape index (κ3) is 4.40. The van der Waals surface area contributed by atoms with Gasteiger partial charge in [0.15, 0.2) is 0 Å². The van der Waals surface area contributed by atoms with Gasteiger partial charge >= 0.3 is 5.69 Å². The van der Waals surface area contributed by atoms with Crippen LogP contribution in [0.5, 0.6) is 5.75 Å². The van der Waals surface area contributed by atoms with Crippen molar-refractivity contribution in [3.05, 3.63) is 115 Å². The highest BCUT2D eigenvalue weighted by atomic mass is 16.6. The molecule has 0 aliphatic heterocycles. The molecule has 0 fully saturated rings. The Labute approximate surface area is 175 Å². The van der Waals surface area contributed by atoms with E-state index in [0.29, 0.717) is 22.2 Å². The summed E-state index contributed by atoms with van der Waals surface area (Å²) in [5.74, 6) is 0.544. The third-order valence-corrected chi connectivity index (χ3v) is 4.52. The van der Waals surface area contributed by atoms with Crippen LogP contribution >= 0.6 is 0 Å². The van der Waals surface area contributed by atoms with Gasteiger partial charge in [-0.05, 0) is 47.5 Å². The number of hydrogen-bond acceptors (Lipinski definition) is 6. The first-order valence-corrected chi connectivity index (χ1v) is 9.26. The summed E-state index contributed by atoms with van der Waals surface area (Å²) in [7, 11) is 0. The van der Waals surface area contributed by atoms with Crippen LogP contribution in [0.15, 0.2) is 87.5 Å². The minimum atomic E-state index is -0.634. The molecule has 4 rings (SSSR count). The molecule has 1 N–H and O–H groups in total. The average molecular weight is 416 g/mol. The summed E-state index contributed by atoms with van der Waals surface area (Å²) in [4.78, 5) is 37.6. The molecule has 154 valence electrons. The number of aromatic nitrogens is 2. The van der Waals surface area contributed by atoms with Crippen LogP contribution in [-0.4, -0.2) is 20.8 Å². The summed E-state index contributed by atoms with van der Waals surface area (Å²) in [5.41, 5.74) is 0.720. The molecule has 0 unspecified atom stereocenters. The summed E-state index contributed by atoms with van der Waals surface area (Å²) in [6.45, 7) is 0.225. The van der Waals surface area contributed by atoms with Crippen LogP contribution in [-0.2, 0) is 6.61 Å². The van der Waals surface area contributed by atoms with Crippen molar-refractivity contribution in [1.82, 2.24) is 9.66 Å². The van der Waals surface area contributed by atoms with Crippen LogP contribution in [0.2, 0.25) is 0 Å². The van der Waals surface area contributed by atoms with Gasteiger partial charge in [-0.1, -0.05) is 24.3 Å². The number of aromatic amines is 1. The Morgan fingerprint density at radius 2 is 1.81 bits per heavy atom. The first-order chi connectivity index (χ1) is 15.0. The number of nitrogens with one attached hydrogen (secondary N) is 1. The van der Waals surface area contributed by atoms with E-state index in [4.69, 9.17) is 4.74 Å². The van der Waals surface area contributed by atoms with E-state index in [1.807, 2.05) is 0 Å². The zero-order chi connectivity index (χ0) is 21.8. The van der Waals surface area contributed by atoms with Crippen LogP contribution in [0.25, 0.3) is 10.9 Å². The number of H-pyrrole nitrogens is 1. The molecule has 1 aromatic heterocycles. The monoisotopic (exact) mass is 416 g/mol. The van der Waals surface area contributed by atoms with E-state index in [2.05, 4.69) is 10.1 Å². The van der Waals surface area contributed by atoms with E-state index in [9.17, 15) is 19.7 Å². The Hall–Kier alpha value is -4.53. The van der Waals surface area contributed by atoms with Crippen molar-refractivity contribution in [1.29, 1.82) is 0 Å².